The lowest BCUT2D eigenvalue weighted by atomic mass is 9.95. The average molecular weight is 291 g/mol. The summed E-state index contributed by atoms with van der Waals surface area (Å²) >= 11 is 0. The molecule has 1 amide bonds. The van der Waals surface area contributed by atoms with Crippen LogP contribution in [0.2, 0.25) is 0 Å². The van der Waals surface area contributed by atoms with E-state index >= 15 is 0 Å². The molecule has 0 spiro atoms. The van der Waals surface area contributed by atoms with E-state index in [-0.39, 0.29) is 5.91 Å². The Hall–Kier alpha value is -1.43. The maximum atomic E-state index is 12.4. The molecule has 1 aromatic heterocycles. The van der Waals surface area contributed by atoms with Crippen LogP contribution in [0.5, 0.6) is 0 Å². The van der Waals surface area contributed by atoms with Crippen molar-refractivity contribution >= 4 is 5.91 Å². The zero-order valence-electron chi connectivity index (χ0n) is 12.8. The number of nitrogens with one attached hydrogen (secondary N) is 2. The third-order valence-electron chi connectivity index (χ3n) is 4.74. The molecule has 2 fully saturated rings. The van der Waals surface area contributed by atoms with Crippen molar-refractivity contribution in [2.75, 3.05) is 13.1 Å². The fourth-order valence-electron chi connectivity index (χ4n) is 3.45. The van der Waals surface area contributed by atoms with Crippen LogP contribution in [0, 0.1) is 6.92 Å². The highest BCUT2D eigenvalue weighted by molar-refractivity contribution is 5.93. The van der Waals surface area contributed by atoms with Crippen LogP contribution in [-0.2, 0) is 0 Å². The standard InChI is InChI=1S/C15H25N5O/c1-11-14(15(21)17-12-5-3-2-4-6-12)18-19-20(11)13-7-9-16-10-8-13/h12-13,16H,2-10H2,1H3,(H,17,21). The van der Waals surface area contributed by atoms with Crippen molar-refractivity contribution in [1.82, 2.24) is 25.6 Å². The van der Waals surface area contributed by atoms with E-state index in [1.54, 1.807) is 0 Å². The summed E-state index contributed by atoms with van der Waals surface area (Å²) in [4.78, 5) is 12.4. The van der Waals surface area contributed by atoms with Gasteiger partial charge in [0.1, 0.15) is 0 Å². The van der Waals surface area contributed by atoms with E-state index in [9.17, 15) is 4.79 Å². The number of carbonyl (C=O) groups is 1. The molecular formula is C15H25N5O. The Kier molecular flexibility index (Phi) is 4.53. The Labute approximate surface area is 125 Å². The Morgan fingerprint density at radius 2 is 1.90 bits per heavy atom. The summed E-state index contributed by atoms with van der Waals surface area (Å²) in [5.41, 5.74) is 1.40. The van der Waals surface area contributed by atoms with Gasteiger partial charge in [-0.1, -0.05) is 24.5 Å². The Bertz CT molecular complexity index is 486. The molecule has 0 radical (unpaired) electrons. The molecule has 6 nitrogen and oxygen atoms in total. The van der Waals surface area contributed by atoms with Crippen molar-refractivity contribution in [3.8, 4) is 0 Å². The second-order valence-corrected chi connectivity index (χ2v) is 6.26. The molecule has 1 saturated heterocycles. The maximum Gasteiger partial charge on any atom is 0.273 e. The normalized spacial score (nSPS) is 21.4. The van der Waals surface area contributed by atoms with Gasteiger partial charge in [0.05, 0.1) is 11.7 Å². The molecule has 1 aliphatic carbocycles. The molecule has 0 aromatic carbocycles. The number of piperidine rings is 1. The number of amides is 1. The molecule has 6 heteroatoms. The van der Waals surface area contributed by atoms with Crippen LogP contribution < -0.4 is 10.6 Å². The van der Waals surface area contributed by atoms with Crippen LogP contribution in [0.3, 0.4) is 0 Å². The fraction of sp³-hybridized carbons (Fsp3) is 0.800. The van der Waals surface area contributed by atoms with E-state index in [0.29, 0.717) is 17.8 Å². The molecule has 0 bridgehead atoms. The van der Waals surface area contributed by atoms with Gasteiger partial charge in [0.2, 0.25) is 0 Å². The second-order valence-electron chi connectivity index (χ2n) is 6.26. The molecule has 116 valence electrons. The molecule has 1 aromatic rings. The predicted octanol–water partition coefficient (Wildman–Crippen LogP) is 1.57. The summed E-state index contributed by atoms with van der Waals surface area (Å²) in [6, 6.07) is 0.685. The molecule has 21 heavy (non-hydrogen) atoms. The minimum Gasteiger partial charge on any atom is -0.348 e. The van der Waals surface area contributed by atoms with E-state index in [2.05, 4.69) is 20.9 Å². The number of carbonyl (C=O) groups excluding carboxylic acids is 1. The first-order chi connectivity index (χ1) is 10.3. The van der Waals surface area contributed by atoms with Crippen LogP contribution in [0.25, 0.3) is 0 Å². The van der Waals surface area contributed by atoms with Crippen molar-refractivity contribution in [1.29, 1.82) is 0 Å². The Morgan fingerprint density at radius 1 is 1.19 bits per heavy atom. The van der Waals surface area contributed by atoms with Gasteiger partial charge in [-0.15, -0.1) is 5.10 Å². The lowest BCUT2D eigenvalue weighted by Gasteiger charge is -2.24. The monoisotopic (exact) mass is 291 g/mol. The lowest BCUT2D eigenvalue weighted by Crippen LogP contribution is -2.36. The van der Waals surface area contributed by atoms with Crippen molar-refractivity contribution < 1.29 is 4.79 Å². The molecule has 1 saturated carbocycles. The quantitative estimate of drug-likeness (QED) is 0.887. The Morgan fingerprint density at radius 3 is 2.62 bits per heavy atom. The van der Waals surface area contributed by atoms with Gasteiger partial charge in [-0.2, -0.15) is 0 Å². The van der Waals surface area contributed by atoms with Crippen LogP contribution in [0.4, 0.5) is 0 Å². The van der Waals surface area contributed by atoms with Gasteiger partial charge in [0.15, 0.2) is 5.69 Å². The number of rotatable bonds is 3. The van der Waals surface area contributed by atoms with Gasteiger partial charge in [0, 0.05) is 6.04 Å². The highest BCUT2D eigenvalue weighted by Gasteiger charge is 2.24. The van der Waals surface area contributed by atoms with Gasteiger partial charge in [-0.25, -0.2) is 4.68 Å². The minimum absolute atomic E-state index is 0.0559. The van der Waals surface area contributed by atoms with Gasteiger partial charge in [-0.3, -0.25) is 4.79 Å². The molecule has 2 N–H and O–H groups in total. The van der Waals surface area contributed by atoms with E-state index in [1.165, 1.54) is 19.3 Å². The first-order valence-corrected chi connectivity index (χ1v) is 8.19. The first kappa shape index (κ1) is 14.5. The van der Waals surface area contributed by atoms with Crippen molar-refractivity contribution in [3.63, 3.8) is 0 Å². The number of hydrogen-bond acceptors (Lipinski definition) is 4. The van der Waals surface area contributed by atoms with Gasteiger partial charge >= 0.3 is 0 Å². The summed E-state index contributed by atoms with van der Waals surface area (Å²) in [5, 5.41) is 14.8. The average Bonchev–Trinajstić information content (AvgIpc) is 2.91. The number of hydrogen-bond donors (Lipinski definition) is 2. The van der Waals surface area contributed by atoms with Crippen molar-refractivity contribution in [3.05, 3.63) is 11.4 Å². The topological polar surface area (TPSA) is 71.8 Å². The summed E-state index contributed by atoms with van der Waals surface area (Å²) in [6.45, 7) is 3.97. The summed E-state index contributed by atoms with van der Waals surface area (Å²) < 4.78 is 1.94. The van der Waals surface area contributed by atoms with Gasteiger partial charge < -0.3 is 10.6 Å². The maximum absolute atomic E-state index is 12.4. The zero-order valence-corrected chi connectivity index (χ0v) is 12.8. The van der Waals surface area contributed by atoms with Crippen LogP contribution in [-0.4, -0.2) is 40.0 Å². The SMILES string of the molecule is Cc1c(C(=O)NC2CCCCC2)nnn1C1CCNCC1. The Balaban J connectivity index is 1.67. The zero-order chi connectivity index (χ0) is 14.7. The smallest absolute Gasteiger partial charge is 0.273 e. The van der Waals surface area contributed by atoms with E-state index in [1.807, 2.05) is 11.6 Å². The number of nitrogens with zero attached hydrogens (tertiary/aromatic N) is 3. The van der Waals surface area contributed by atoms with Crippen molar-refractivity contribution in [2.24, 2.45) is 0 Å². The van der Waals surface area contributed by atoms with E-state index in [4.69, 9.17) is 0 Å². The largest absolute Gasteiger partial charge is 0.348 e. The van der Waals surface area contributed by atoms with Gasteiger partial charge in [0.25, 0.3) is 5.91 Å². The number of aromatic nitrogens is 3. The third-order valence-corrected chi connectivity index (χ3v) is 4.74. The lowest BCUT2D eigenvalue weighted by molar-refractivity contribution is 0.0922. The fourth-order valence-corrected chi connectivity index (χ4v) is 3.45. The molecule has 2 heterocycles. The predicted molar refractivity (Wildman–Crippen MR) is 80.2 cm³/mol. The van der Waals surface area contributed by atoms with Gasteiger partial charge in [-0.05, 0) is 45.7 Å². The van der Waals surface area contributed by atoms with E-state index in [0.717, 1.165) is 44.5 Å². The summed E-state index contributed by atoms with van der Waals surface area (Å²) in [5.74, 6) is -0.0559. The molecule has 0 atom stereocenters. The van der Waals surface area contributed by atoms with Crippen LogP contribution in [0.1, 0.15) is 67.2 Å². The third kappa shape index (κ3) is 3.26. The summed E-state index contributed by atoms with van der Waals surface area (Å²) in [7, 11) is 0. The molecule has 2 aliphatic rings. The molecule has 1 aliphatic heterocycles. The minimum atomic E-state index is -0.0559. The summed E-state index contributed by atoms with van der Waals surface area (Å²) in [6.07, 6.45) is 8.00. The molecule has 3 rings (SSSR count). The van der Waals surface area contributed by atoms with E-state index < -0.39 is 0 Å². The molecular weight excluding hydrogens is 266 g/mol. The van der Waals surface area contributed by atoms with Crippen LogP contribution >= 0.6 is 0 Å². The molecule has 0 unspecified atom stereocenters. The van der Waals surface area contributed by atoms with Crippen LogP contribution in [0.15, 0.2) is 0 Å². The highest BCUT2D eigenvalue weighted by atomic mass is 16.2. The second kappa shape index (κ2) is 6.56. The first-order valence-electron chi connectivity index (χ1n) is 8.19. The van der Waals surface area contributed by atoms with Crippen molar-refractivity contribution in [2.45, 2.75) is 64.0 Å². The highest BCUT2D eigenvalue weighted by Crippen LogP contribution is 2.21.